The van der Waals surface area contributed by atoms with Gasteiger partial charge in [0.2, 0.25) is 15.9 Å². The highest BCUT2D eigenvalue weighted by Gasteiger charge is 2.44. The van der Waals surface area contributed by atoms with Crippen LogP contribution in [0.5, 0.6) is 5.75 Å². The molecule has 1 saturated heterocycles. The second-order valence-corrected chi connectivity index (χ2v) is 12.5. The maximum Gasteiger partial charge on any atom is 0.339 e. The van der Waals surface area contributed by atoms with Crippen molar-refractivity contribution >= 4 is 27.6 Å². The Morgan fingerprint density at radius 1 is 0.951 bits per heavy atom. The van der Waals surface area contributed by atoms with E-state index in [9.17, 15) is 28.2 Å². The first-order valence-electron chi connectivity index (χ1n) is 13.7. The first-order chi connectivity index (χ1) is 19.7. The zero-order valence-corrected chi connectivity index (χ0v) is 23.3. The van der Waals surface area contributed by atoms with Gasteiger partial charge in [0.25, 0.3) is 0 Å². The van der Waals surface area contributed by atoms with Crippen molar-refractivity contribution in [2.75, 3.05) is 11.4 Å². The van der Waals surface area contributed by atoms with Gasteiger partial charge in [0, 0.05) is 18.3 Å². The second-order valence-electron chi connectivity index (χ2n) is 10.6. The number of carboxylic acid groups (broad SMARTS) is 1. The minimum absolute atomic E-state index is 0.0118. The van der Waals surface area contributed by atoms with Crippen LogP contribution in [0.15, 0.2) is 71.6 Å². The number of hydrogen-bond donors (Lipinski definition) is 2. The Bertz CT molecular complexity index is 1590. The average Bonchev–Trinajstić information content (AvgIpc) is 2.95. The predicted octanol–water partition coefficient (Wildman–Crippen LogP) is 5.01. The van der Waals surface area contributed by atoms with Crippen molar-refractivity contribution in [1.29, 1.82) is 5.26 Å². The van der Waals surface area contributed by atoms with E-state index in [1.54, 1.807) is 0 Å². The Kier molecular flexibility index (Phi) is 8.10. The number of rotatable bonds is 8. The predicted molar refractivity (Wildman–Crippen MR) is 152 cm³/mol. The number of carbonyl (C=O) groups excluding carboxylic acids is 1. The van der Waals surface area contributed by atoms with Crippen molar-refractivity contribution in [3.05, 3.63) is 89.0 Å². The Balaban J connectivity index is 1.43. The van der Waals surface area contributed by atoms with E-state index in [0.717, 1.165) is 22.7 Å². The SMILES string of the molecule is N#Cc1ccc(S(=O)(=O)N2CC[C@@H]2C(=O)N(Cc2ccc(C3CCCCC3)cc2)c2ccc(C(=O)O)c(O)c2)cc1. The van der Waals surface area contributed by atoms with Gasteiger partial charge in [0.15, 0.2) is 0 Å². The van der Waals surface area contributed by atoms with E-state index in [4.69, 9.17) is 5.26 Å². The summed E-state index contributed by atoms with van der Waals surface area (Å²) in [5.74, 6) is -1.75. The Morgan fingerprint density at radius 2 is 1.63 bits per heavy atom. The highest BCUT2D eigenvalue weighted by molar-refractivity contribution is 7.89. The van der Waals surface area contributed by atoms with Crippen LogP contribution in [-0.2, 0) is 21.4 Å². The minimum Gasteiger partial charge on any atom is -0.507 e. The summed E-state index contributed by atoms with van der Waals surface area (Å²) in [6.07, 6.45) is 6.32. The normalized spacial score (nSPS) is 17.8. The number of carbonyl (C=O) groups is 2. The fourth-order valence-corrected chi connectivity index (χ4v) is 7.22. The quantitative estimate of drug-likeness (QED) is 0.386. The molecule has 0 radical (unpaired) electrons. The maximum atomic E-state index is 13.9. The third-order valence-corrected chi connectivity index (χ3v) is 9.95. The van der Waals surface area contributed by atoms with Crippen molar-refractivity contribution in [3.63, 3.8) is 0 Å². The van der Waals surface area contributed by atoms with Crippen molar-refractivity contribution in [2.45, 2.75) is 61.9 Å². The number of hydrogen-bond acceptors (Lipinski definition) is 6. The molecule has 1 heterocycles. The minimum atomic E-state index is -4.00. The zero-order chi connectivity index (χ0) is 29.1. The average molecular weight is 574 g/mol. The summed E-state index contributed by atoms with van der Waals surface area (Å²) in [4.78, 5) is 26.8. The molecule has 0 unspecified atom stereocenters. The molecule has 212 valence electrons. The van der Waals surface area contributed by atoms with E-state index < -0.39 is 33.7 Å². The number of nitriles is 1. The molecule has 10 heteroatoms. The van der Waals surface area contributed by atoms with Gasteiger partial charge < -0.3 is 15.1 Å². The van der Waals surface area contributed by atoms with Gasteiger partial charge >= 0.3 is 5.97 Å². The molecular formula is C31H31N3O6S. The standard InChI is InChI=1S/C31H31N3O6S/c32-19-21-8-13-26(14-9-21)41(39,40)34-17-16-28(34)30(36)33(25-12-15-27(31(37)38)29(35)18-25)20-22-6-10-24(11-7-22)23-4-2-1-3-5-23/h6-15,18,23,28,35H,1-5,16-17,20H2,(H,37,38)/t28-/m1/s1. The van der Waals surface area contributed by atoms with Crippen LogP contribution in [0.2, 0.25) is 0 Å². The number of sulfonamides is 1. The molecular weight excluding hydrogens is 542 g/mol. The van der Waals surface area contributed by atoms with Gasteiger partial charge in [0.05, 0.1) is 23.1 Å². The molecule has 1 amide bonds. The number of aromatic hydroxyl groups is 1. The third kappa shape index (κ3) is 5.82. The summed E-state index contributed by atoms with van der Waals surface area (Å²) in [6.45, 7) is 0.267. The third-order valence-electron chi connectivity index (χ3n) is 8.03. The lowest BCUT2D eigenvalue weighted by molar-refractivity contribution is -0.125. The maximum absolute atomic E-state index is 13.9. The molecule has 5 rings (SSSR count). The molecule has 1 aliphatic carbocycles. The number of carboxylic acids is 1. The van der Waals surface area contributed by atoms with Crippen molar-refractivity contribution in [1.82, 2.24) is 4.31 Å². The second kappa shape index (κ2) is 11.7. The molecule has 0 bridgehead atoms. The van der Waals surface area contributed by atoms with E-state index in [0.29, 0.717) is 17.9 Å². The highest BCUT2D eigenvalue weighted by atomic mass is 32.2. The number of nitrogens with zero attached hydrogens (tertiary/aromatic N) is 3. The Hall–Kier alpha value is -4.20. The summed E-state index contributed by atoms with van der Waals surface area (Å²) < 4.78 is 27.9. The van der Waals surface area contributed by atoms with Gasteiger partial charge in [-0.05, 0) is 72.7 Å². The van der Waals surface area contributed by atoms with Gasteiger partial charge in [-0.2, -0.15) is 9.57 Å². The lowest BCUT2D eigenvalue weighted by Gasteiger charge is -2.41. The summed E-state index contributed by atoms with van der Waals surface area (Å²) in [5, 5.41) is 28.8. The van der Waals surface area contributed by atoms with Crippen LogP contribution < -0.4 is 4.90 Å². The Morgan fingerprint density at radius 3 is 2.20 bits per heavy atom. The van der Waals surface area contributed by atoms with Crippen LogP contribution >= 0.6 is 0 Å². The highest BCUT2D eigenvalue weighted by Crippen LogP contribution is 2.34. The van der Waals surface area contributed by atoms with Crippen molar-refractivity contribution in [2.24, 2.45) is 0 Å². The van der Waals surface area contributed by atoms with Crippen molar-refractivity contribution < 1.29 is 28.2 Å². The van der Waals surface area contributed by atoms with Gasteiger partial charge in [0.1, 0.15) is 17.4 Å². The summed E-state index contributed by atoms with van der Waals surface area (Å²) in [5.41, 5.74) is 2.36. The van der Waals surface area contributed by atoms with Crippen molar-refractivity contribution in [3.8, 4) is 11.8 Å². The number of phenols is 1. The smallest absolute Gasteiger partial charge is 0.339 e. The first kappa shape index (κ1) is 28.3. The molecule has 2 fully saturated rings. The zero-order valence-electron chi connectivity index (χ0n) is 22.4. The molecule has 1 atom stereocenters. The topological polar surface area (TPSA) is 139 Å². The summed E-state index contributed by atoms with van der Waals surface area (Å²) in [6, 6.07) is 18.5. The molecule has 41 heavy (non-hydrogen) atoms. The van der Waals surface area contributed by atoms with E-state index in [1.165, 1.54) is 72.2 Å². The van der Waals surface area contributed by atoms with E-state index in [1.807, 2.05) is 18.2 Å². The molecule has 1 saturated carbocycles. The number of amides is 1. The summed E-state index contributed by atoms with van der Waals surface area (Å²) >= 11 is 0. The number of benzene rings is 3. The van der Waals surface area contributed by atoms with Gasteiger partial charge in [-0.15, -0.1) is 0 Å². The molecule has 0 aromatic heterocycles. The largest absolute Gasteiger partial charge is 0.507 e. The molecule has 1 aliphatic heterocycles. The van der Waals surface area contributed by atoms with E-state index in [2.05, 4.69) is 12.1 Å². The Labute approximate surface area is 239 Å². The molecule has 9 nitrogen and oxygen atoms in total. The number of aromatic carboxylic acids is 1. The first-order valence-corrected chi connectivity index (χ1v) is 15.1. The summed E-state index contributed by atoms with van der Waals surface area (Å²) in [7, 11) is -4.00. The fraction of sp³-hybridized carbons (Fsp3) is 0.323. The molecule has 2 aliphatic rings. The van der Waals surface area contributed by atoms with E-state index in [-0.39, 0.29) is 29.2 Å². The fourth-order valence-electron chi connectivity index (χ4n) is 5.59. The van der Waals surface area contributed by atoms with Crippen LogP contribution in [0.4, 0.5) is 5.69 Å². The lowest BCUT2D eigenvalue weighted by atomic mass is 9.84. The van der Waals surface area contributed by atoms with Gasteiger partial charge in [-0.25, -0.2) is 13.2 Å². The van der Waals surface area contributed by atoms with Crippen LogP contribution in [0.3, 0.4) is 0 Å². The monoisotopic (exact) mass is 573 g/mol. The van der Waals surface area contributed by atoms with Crippen LogP contribution in [0.1, 0.15) is 71.5 Å². The molecule has 0 spiro atoms. The van der Waals surface area contributed by atoms with E-state index >= 15 is 0 Å². The van der Waals surface area contributed by atoms with Crippen LogP contribution in [0, 0.1) is 11.3 Å². The lowest BCUT2D eigenvalue weighted by Crippen LogP contribution is -2.58. The number of anilines is 1. The molecule has 3 aromatic carbocycles. The molecule has 2 N–H and O–H groups in total. The van der Waals surface area contributed by atoms with Crippen LogP contribution in [-0.4, -0.2) is 47.4 Å². The van der Waals surface area contributed by atoms with Crippen LogP contribution in [0.25, 0.3) is 0 Å². The van der Waals surface area contributed by atoms with Gasteiger partial charge in [-0.3, -0.25) is 4.79 Å². The van der Waals surface area contributed by atoms with Gasteiger partial charge in [-0.1, -0.05) is 43.5 Å². The molecule has 3 aromatic rings.